The number of unbranched alkanes of at least 4 members (excludes halogenated alkanes) is 4. The Morgan fingerprint density at radius 2 is 1.47 bits per heavy atom. The molecule has 0 atom stereocenters. The first-order valence-corrected chi connectivity index (χ1v) is 7.77. The lowest BCUT2D eigenvalue weighted by Crippen LogP contribution is -3.00. The SMILES string of the molecule is CCC[N+]1(CCCCCCCCl)CCCC1.[Cl-]. The summed E-state index contributed by atoms with van der Waals surface area (Å²) >= 11 is 5.68. The number of hydrogen-bond acceptors (Lipinski definition) is 0. The third-order valence-corrected chi connectivity index (χ3v) is 4.25. The monoisotopic (exact) mass is 281 g/mol. The molecule has 104 valence electrons. The van der Waals surface area contributed by atoms with Gasteiger partial charge in [0, 0.05) is 18.7 Å². The van der Waals surface area contributed by atoms with Crippen LogP contribution in [0.3, 0.4) is 0 Å². The largest absolute Gasteiger partial charge is 1.00 e. The molecule has 0 amide bonds. The van der Waals surface area contributed by atoms with Gasteiger partial charge in [0.15, 0.2) is 0 Å². The summed E-state index contributed by atoms with van der Waals surface area (Å²) in [5.74, 6) is 0.843. The first-order valence-electron chi connectivity index (χ1n) is 7.24. The predicted octanol–water partition coefficient (Wildman–Crippen LogP) is 1.20. The van der Waals surface area contributed by atoms with Crippen molar-refractivity contribution in [3.8, 4) is 0 Å². The van der Waals surface area contributed by atoms with Gasteiger partial charge in [0.25, 0.3) is 0 Å². The molecule has 17 heavy (non-hydrogen) atoms. The first-order chi connectivity index (χ1) is 7.83. The molecule has 0 radical (unpaired) electrons. The second-order valence-corrected chi connectivity index (χ2v) is 5.78. The van der Waals surface area contributed by atoms with E-state index in [1.807, 2.05) is 0 Å². The van der Waals surface area contributed by atoms with E-state index in [0.29, 0.717) is 0 Å². The van der Waals surface area contributed by atoms with Crippen LogP contribution in [0.1, 0.15) is 58.3 Å². The summed E-state index contributed by atoms with van der Waals surface area (Å²) in [4.78, 5) is 0. The number of hydrogen-bond donors (Lipinski definition) is 0. The molecule has 0 spiro atoms. The Balaban J connectivity index is 0.00000256. The van der Waals surface area contributed by atoms with Crippen LogP contribution in [0.2, 0.25) is 0 Å². The van der Waals surface area contributed by atoms with Crippen LogP contribution in [0.5, 0.6) is 0 Å². The van der Waals surface area contributed by atoms with Gasteiger partial charge in [-0.25, -0.2) is 0 Å². The van der Waals surface area contributed by atoms with Crippen molar-refractivity contribution in [2.24, 2.45) is 0 Å². The molecule has 1 aliphatic rings. The van der Waals surface area contributed by atoms with Gasteiger partial charge in [-0.05, 0) is 25.7 Å². The number of halogens is 2. The van der Waals surface area contributed by atoms with Crippen LogP contribution in [0, 0.1) is 0 Å². The summed E-state index contributed by atoms with van der Waals surface area (Å²) < 4.78 is 1.44. The van der Waals surface area contributed by atoms with Crippen LogP contribution >= 0.6 is 11.6 Å². The highest BCUT2D eigenvalue weighted by molar-refractivity contribution is 6.17. The Kier molecular flexibility index (Phi) is 10.8. The zero-order valence-electron chi connectivity index (χ0n) is 11.4. The predicted molar refractivity (Wildman–Crippen MR) is 73.1 cm³/mol. The maximum atomic E-state index is 5.68. The standard InChI is InChI=1S/C14H29ClN.ClH/c1-2-11-16(13-8-9-14-16)12-7-5-3-4-6-10-15;/h2-14H2,1H3;1H/q+1;/p-1. The molecule has 1 heterocycles. The third-order valence-electron chi connectivity index (χ3n) is 3.98. The van der Waals surface area contributed by atoms with E-state index < -0.39 is 0 Å². The Morgan fingerprint density at radius 3 is 2.06 bits per heavy atom. The average molecular weight is 282 g/mol. The fourth-order valence-corrected chi connectivity index (χ4v) is 3.30. The van der Waals surface area contributed by atoms with E-state index in [2.05, 4.69) is 6.92 Å². The summed E-state index contributed by atoms with van der Waals surface area (Å²) in [7, 11) is 0. The highest BCUT2D eigenvalue weighted by Gasteiger charge is 2.29. The molecule has 0 aromatic rings. The summed E-state index contributed by atoms with van der Waals surface area (Å²) in [5.41, 5.74) is 0. The summed E-state index contributed by atoms with van der Waals surface area (Å²) in [6.07, 6.45) is 11.1. The van der Waals surface area contributed by atoms with Crippen LogP contribution < -0.4 is 12.4 Å². The van der Waals surface area contributed by atoms with Gasteiger partial charge >= 0.3 is 0 Å². The summed E-state index contributed by atoms with van der Waals surface area (Å²) in [6.45, 7) is 8.10. The molecule has 1 fully saturated rings. The Hall–Kier alpha value is 0.540. The maximum Gasteiger partial charge on any atom is 0.0788 e. The molecule has 0 unspecified atom stereocenters. The van der Waals surface area contributed by atoms with Crippen molar-refractivity contribution >= 4 is 11.6 Å². The lowest BCUT2D eigenvalue weighted by Gasteiger charge is -2.34. The van der Waals surface area contributed by atoms with E-state index in [9.17, 15) is 0 Å². The van der Waals surface area contributed by atoms with Crippen LogP contribution in [0.4, 0.5) is 0 Å². The lowest BCUT2D eigenvalue weighted by molar-refractivity contribution is -0.917. The average Bonchev–Trinajstić information content (AvgIpc) is 2.73. The molecule has 0 bridgehead atoms. The van der Waals surface area contributed by atoms with Crippen molar-refractivity contribution in [2.75, 3.05) is 32.1 Å². The van der Waals surface area contributed by atoms with Gasteiger partial charge in [-0.15, -0.1) is 11.6 Å². The van der Waals surface area contributed by atoms with E-state index in [4.69, 9.17) is 11.6 Å². The fraction of sp³-hybridized carbons (Fsp3) is 1.00. The number of nitrogens with zero attached hydrogens (tertiary/aromatic N) is 1. The van der Waals surface area contributed by atoms with E-state index in [-0.39, 0.29) is 12.4 Å². The fourth-order valence-electron chi connectivity index (χ4n) is 3.11. The van der Waals surface area contributed by atoms with Gasteiger partial charge in [0.2, 0.25) is 0 Å². The van der Waals surface area contributed by atoms with Crippen molar-refractivity contribution in [1.82, 2.24) is 0 Å². The molecule has 0 aliphatic carbocycles. The lowest BCUT2D eigenvalue weighted by atomic mass is 10.1. The van der Waals surface area contributed by atoms with Gasteiger partial charge in [0.1, 0.15) is 0 Å². The van der Waals surface area contributed by atoms with Gasteiger partial charge in [-0.1, -0.05) is 19.8 Å². The normalized spacial score (nSPS) is 18.0. The van der Waals surface area contributed by atoms with Crippen LogP contribution in [-0.4, -0.2) is 36.5 Å². The topological polar surface area (TPSA) is 0 Å². The van der Waals surface area contributed by atoms with Crippen molar-refractivity contribution in [2.45, 2.75) is 58.3 Å². The smallest absolute Gasteiger partial charge is 0.0788 e. The molecular weight excluding hydrogens is 253 g/mol. The number of quaternary nitrogens is 1. The van der Waals surface area contributed by atoms with Crippen molar-refractivity contribution < 1.29 is 16.9 Å². The number of likely N-dealkylation sites (tertiary alicyclic amines) is 1. The molecule has 0 aromatic carbocycles. The first kappa shape index (κ1) is 17.5. The van der Waals surface area contributed by atoms with Gasteiger partial charge < -0.3 is 16.9 Å². The zero-order valence-corrected chi connectivity index (χ0v) is 12.9. The molecule has 1 saturated heterocycles. The van der Waals surface area contributed by atoms with Gasteiger partial charge in [-0.3, -0.25) is 0 Å². The van der Waals surface area contributed by atoms with Crippen molar-refractivity contribution in [1.29, 1.82) is 0 Å². The molecule has 1 rings (SSSR count). The molecule has 0 N–H and O–H groups in total. The second-order valence-electron chi connectivity index (χ2n) is 5.40. The maximum absolute atomic E-state index is 5.68. The van der Waals surface area contributed by atoms with Crippen molar-refractivity contribution in [3.05, 3.63) is 0 Å². The van der Waals surface area contributed by atoms with Crippen LogP contribution in [0.15, 0.2) is 0 Å². The minimum Gasteiger partial charge on any atom is -1.00 e. The molecular formula is C14H29Cl2N. The highest BCUT2D eigenvalue weighted by Crippen LogP contribution is 2.21. The van der Waals surface area contributed by atoms with E-state index in [1.54, 1.807) is 0 Å². The van der Waals surface area contributed by atoms with Crippen molar-refractivity contribution in [3.63, 3.8) is 0 Å². The summed E-state index contributed by atoms with van der Waals surface area (Å²) in [5, 5.41) is 0. The molecule has 1 aliphatic heterocycles. The highest BCUT2D eigenvalue weighted by atomic mass is 35.5. The Morgan fingerprint density at radius 1 is 0.882 bits per heavy atom. The van der Waals surface area contributed by atoms with Gasteiger partial charge in [0.05, 0.1) is 26.2 Å². The van der Waals surface area contributed by atoms with E-state index in [1.165, 1.54) is 82.0 Å². The summed E-state index contributed by atoms with van der Waals surface area (Å²) in [6, 6.07) is 0. The second kappa shape index (κ2) is 10.5. The van der Waals surface area contributed by atoms with Crippen LogP contribution in [-0.2, 0) is 0 Å². The zero-order chi connectivity index (χ0) is 11.7. The van der Waals surface area contributed by atoms with E-state index >= 15 is 0 Å². The molecule has 3 heteroatoms. The van der Waals surface area contributed by atoms with E-state index in [0.717, 1.165) is 5.88 Å². The molecule has 0 saturated carbocycles. The molecule has 0 aromatic heterocycles. The minimum atomic E-state index is 0. The Labute approximate surface area is 119 Å². The number of rotatable bonds is 9. The minimum absolute atomic E-state index is 0. The van der Waals surface area contributed by atoms with Crippen LogP contribution in [0.25, 0.3) is 0 Å². The third kappa shape index (κ3) is 6.88. The van der Waals surface area contributed by atoms with Gasteiger partial charge in [-0.2, -0.15) is 0 Å². The quantitative estimate of drug-likeness (QED) is 0.339. The molecule has 1 nitrogen and oxygen atoms in total. The number of alkyl halides is 1. The Bertz CT molecular complexity index is 168.